The number of hydrogen-bond acceptors (Lipinski definition) is 3. The average molecular weight is 210 g/mol. The molecule has 2 N–H and O–H groups in total. The predicted octanol–water partition coefficient (Wildman–Crippen LogP) is 1.57. The molecule has 0 saturated carbocycles. The number of likely N-dealkylation sites (N-methyl/N-ethyl adjacent to an activating group) is 1. The van der Waals surface area contributed by atoms with E-state index < -0.39 is 0 Å². The topological polar surface area (TPSA) is 41.1 Å². The van der Waals surface area contributed by atoms with Crippen molar-refractivity contribution in [1.29, 1.82) is 0 Å². The van der Waals surface area contributed by atoms with E-state index in [1.807, 2.05) is 30.5 Å². The zero-order valence-corrected chi connectivity index (χ0v) is 9.15. The fourth-order valence-electron chi connectivity index (χ4n) is 0.980. The van der Waals surface area contributed by atoms with Crippen molar-refractivity contribution in [3.8, 4) is 0 Å². The molecule has 1 aromatic carbocycles. The Morgan fingerprint density at radius 1 is 1.36 bits per heavy atom. The van der Waals surface area contributed by atoms with Crippen LogP contribution >= 0.6 is 11.8 Å². The van der Waals surface area contributed by atoms with Crippen molar-refractivity contribution in [3.05, 3.63) is 24.3 Å². The molecule has 14 heavy (non-hydrogen) atoms. The van der Waals surface area contributed by atoms with Crippen molar-refractivity contribution in [2.45, 2.75) is 4.90 Å². The van der Waals surface area contributed by atoms with Gasteiger partial charge in [-0.1, -0.05) is 0 Å². The lowest BCUT2D eigenvalue weighted by atomic mass is 10.3. The Bertz CT molecular complexity index is 297. The van der Waals surface area contributed by atoms with Crippen LogP contribution in [-0.4, -0.2) is 25.8 Å². The van der Waals surface area contributed by atoms with Gasteiger partial charge in [0.25, 0.3) is 0 Å². The van der Waals surface area contributed by atoms with Crippen LogP contribution < -0.4 is 10.6 Å². The summed E-state index contributed by atoms with van der Waals surface area (Å²) in [6.45, 7) is 0.315. The fraction of sp³-hybridized carbons (Fsp3) is 0.300. The third-order valence-corrected chi connectivity index (χ3v) is 2.57. The van der Waals surface area contributed by atoms with Gasteiger partial charge in [-0.25, -0.2) is 0 Å². The van der Waals surface area contributed by atoms with E-state index in [9.17, 15) is 4.79 Å². The average Bonchev–Trinajstić information content (AvgIpc) is 2.26. The van der Waals surface area contributed by atoms with Crippen LogP contribution in [0.3, 0.4) is 0 Å². The first kappa shape index (κ1) is 10.9. The van der Waals surface area contributed by atoms with E-state index in [1.165, 1.54) is 4.90 Å². The van der Waals surface area contributed by atoms with Crippen LogP contribution in [0.15, 0.2) is 29.2 Å². The number of anilines is 1. The van der Waals surface area contributed by atoms with Crippen molar-refractivity contribution in [2.24, 2.45) is 0 Å². The molecule has 0 radical (unpaired) electrons. The first-order valence-electron chi connectivity index (χ1n) is 4.34. The first-order valence-corrected chi connectivity index (χ1v) is 5.57. The summed E-state index contributed by atoms with van der Waals surface area (Å²) < 4.78 is 0. The van der Waals surface area contributed by atoms with Crippen molar-refractivity contribution in [2.75, 3.05) is 25.2 Å². The van der Waals surface area contributed by atoms with E-state index in [2.05, 4.69) is 10.6 Å². The van der Waals surface area contributed by atoms with Gasteiger partial charge in [-0.15, -0.1) is 11.8 Å². The van der Waals surface area contributed by atoms with Gasteiger partial charge in [0.2, 0.25) is 5.91 Å². The molecule has 4 heteroatoms. The predicted molar refractivity (Wildman–Crippen MR) is 60.8 cm³/mol. The SMILES string of the molecule is CNC(=O)CNc1ccc(SC)cc1. The third kappa shape index (κ3) is 3.30. The Morgan fingerprint density at radius 3 is 2.50 bits per heavy atom. The molecule has 0 saturated heterocycles. The normalized spacial score (nSPS) is 9.57. The highest BCUT2D eigenvalue weighted by Gasteiger charge is 1.97. The summed E-state index contributed by atoms with van der Waals surface area (Å²) in [5, 5.41) is 5.58. The van der Waals surface area contributed by atoms with E-state index in [1.54, 1.807) is 18.8 Å². The molecule has 1 rings (SSSR count). The summed E-state index contributed by atoms with van der Waals surface area (Å²) in [5.74, 6) is -0.0149. The van der Waals surface area contributed by atoms with Gasteiger partial charge in [0.15, 0.2) is 0 Å². The van der Waals surface area contributed by atoms with Gasteiger partial charge in [0.05, 0.1) is 6.54 Å². The van der Waals surface area contributed by atoms with Crippen molar-refractivity contribution in [3.63, 3.8) is 0 Å². The summed E-state index contributed by atoms with van der Waals surface area (Å²) in [5.41, 5.74) is 0.964. The van der Waals surface area contributed by atoms with E-state index >= 15 is 0 Å². The quantitative estimate of drug-likeness (QED) is 0.741. The van der Waals surface area contributed by atoms with Crippen molar-refractivity contribution >= 4 is 23.4 Å². The highest BCUT2D eigenvalue weighted by atomic mass is 32.2. The van der Waals surface area contributed by atoms with Crippen molar-refractivity contribution < 1.29 is 4.79 Å². The minimum absolute atomic E-state index is 0.0149. The number of thioether (sulfide) groups is 1. The third-order valence-electron chi connectivity index (χ3n) is 1.82. The summed E-state index contributed by atoms with van der Waals surface area (Å²) in [6.07, 6.45) is 2.03. The summed E-state index contributed by atoms with van der Waals surface area (Å²) in [6, 6.07) is 7.98. The lowest BCUT2D eigenvalue weighted by Crippen LogP contribution is -2.26. The van der Waals surface area contributed by atoms with Crippen LogP contribution in [0.4, 0.5) is 5.69 Å². The van der Waals surface area contributed by atoms with E-state index in [-0.39, 0.29) is 5.91 Å². The van der Waals surface area contributed by atoms with Crippen LogP contribution in [0.5, 0.6) is 0 Å². The molecule has 0 fully saturated rings. The van der Waals surface area contributed by atoms with E-state index in [4.69, 9.17) is 0 Å². The van der Waals surface area contributed by atoms with E-state index in [0.717, 1.165) is 5.69 Å². The second-order valence-electron chi connectivity index (χ2n) is 2.76. The molecule has 0 heterocycles. The van der Waals surface area contributed by atoms with Crippen LogP contribution in [0, 0.1) is 0 Å². The number of amides is 1. The molecular weight excluding hydrogens is 196 g/mol. The lowest BCUT2D eigenvalue weighted by Gasteiger charge is -2.05. The minimum atomic E-state index is -0.0149. The maximum Gasteiger partial charge on any atom is 0.239 e. The van der Waals surface area contributed by atoms with Crippen LogP contribution in [0.25, 0.3) is 0 Å². The maximum atomic E-state index is 10.9. The maximum absolute atomic E-state index is 10.9. The monoisotopic (exact) mass is 210 g/mol. The Kier molecular flexibility index (Phi) is 4.32. The summed E-state index contributed by atoms with van der Waals surface area (Å²) in [4.78, 5) is 12.1. The van der Waals surface area contributed by atoms with Gasteiger partial charge in [-0.2, -0.15) is 0 Å². The molecule has 0 unspecified atom stereocenters. The molecule has 0 aliphatic rings. The first-order chi connectivity index (χ1) is 6.76. The van der Waals surface area contributed by atoms with Gasteiger partial charge >= 0.3 is 0 Å². The fourth-order valence-corrected chi connectivity index (χ4v) is 1.39. The molecule has 0 atom stereocenters. The largest absolute Gasteiger partial charge is 0.376 e. The summed E-state index contributed by atoms with van der Waals surface area (Å²) in [7, 11) is 1.63. The smallest absolute Gasteiger partial charge is 0.239 e. The van der Waals surface area contributed by atoms with Gasteiger partial charge < -0.3 is 10.6 Å². The van der Waals surface area contributed by atoms with Crippen LogP contribution in [0.2, 0.25) is 0 Å². The van der Waals surface area contributed by atoms with Gasteiger partial charge in [-0.3, -0.25) is 4.79 Å². The molecule has 0 spiro atoms. The summed E-state index contributed by atoms with van der Waals surface area (Å²) >= 11 is 1.70. The number of rotatable bonds is 4. The van der Waals surface area contributed by atoms with Crippen LogP contribution in [-0.2, 0) is 4.79 Å². The second-order valence-corrected chi connectivity index (χ2v) is 3.63. The number of carbonyl (C=O) groups excluding carboxylic acids is 1. The standard InChI is InChI=1S/C10H14N2OS/c1-11-10(13)7-12-8-3-5-9(14-2)6-4-8/h3-6,12H,7H2,1-2H3,(H,11,13). The van der Waals surface area contributed by atoms with Gasteiger partial charge in [0.1, 0.15) is 0 Å². The van der Waals surface area contributed by atoms with Crippen LogP contribution in [0.1, 0.15) is 0 Å². The van der Waals surface area contributed by atoms with Gasteiger partial charge in [0, 0.05) is 17.6 Å². The zero-order chi connectivity index (χ0) is 10.4. The number of hydrogen-bond donors (Lipinski definition) is 2. The number of benzene rings is 1. The molecular formula is C10H14N2OS. The Hall–Kier alpha value is -1.16. The Balaban J connectivity index is 2.47. The minimum Gasteiger partial charge on any atom is -0.376 e. The van der Waals surface area contributed by atoms with Crippen molar-refractivity contribution in [1.82, 2.24) is 5.32 Å². The number of carbonyl (C=O) groups is 1. The molecule has 0 aliphatic carbocycles. The number of nitrogens with one attached hydrogen (secondary N) is 2. The lowest BCUT2D eigenvalue weighted by molar-refractivity contribution is -0.118. The van der Waals surface area contributed by atoms with E-state index in [0.29, 0.717) is 6.54 Å². The van der Waals surface area contributed by atoms with Gasteiger partial charge in [-0.05, 0) is 30.5 Å². The zero-order valence-electron chi connectivity index (χ0n) is 8.33. The molecule has 0 aromatic heterocycles. The molecule has 0 aliphatic heterocycles. The molecule has 3 nitrogen and oxygen atoms in total. The Labute approximate surface area is 88.3 Å². The highest BCUT2D eigenvalue weighted by Crippen LogP contribution is 2.16. The highest BCUT2D eigenvalue weighted by molar-refractivity contribution is 7.98. The molecule has 1 aromatic rings. The molecule has 1 amide bonds. The Morgan fingerprint density at radius 2 is 2.00 bits per heavy atom. The second kappa shape index (κ2) is 5.54. The molecule has 0 bridgehead atoms. The molecule has 76 valence electrons.